The summed E-state index contributed by atoms with van der Waals surface area (Å²) in [6, 6.07) is 10.4. The van der Waals surface area contributed by atoms with E-state index in [1.807, 2.05) is 22.8 Å². The minimum Gasteiger partial charge on any atom is -0.331 e. The number of nitrogens with zero attached hydrogens (tertiary/aromatic N) is 2. The molecule has 5 heteroatoms. The number of nitrogens with one attached hydrogen (secondary N) is 1. The molecule has 0 saturated heterocycles. The van der Waals surface area contributed by atoms with Gasteiger partial charge in [0, 0.05) is 24.9 Å². The molecule has 3 nitrogen and oxygen atoms in total. The van der Waals surface area contributed by atoms with Gasteiger partial charge in [-0.05, 0) is 42.5 Å². The van der Waals surface area contributed by atoms with Gasteiger partial charge in [-0.15, -0.1) is 0 Å². The number of aryl methyl sites for hydroxylation is 2. The number of benzene rings is 1. The zero-order chi connectivity index (χ0) is 13.2. The van der Waals surface area contributed by atoms with Crippen molar-refractivity contribution in [2.75, 3.05) is 0 Å². The summed E-state index contributed by atoms with van der Waals surface area (Å²) in [7, 11) is 0. The Balaban J connectivity index is 1.94. The second-order valence-corrected chi connectivity index (χ2v) is 4.70. The van der Waals surface area contributed by atoms with E-state index in [1.165, 1.54) is 12.1 Å². The Hall–Kier alpha value is -2.01. The molecule has 0 aliphatic heterocycles. The molecular weight excluding hydrogens is 261 g/mol. The van der Waals surface area contributed by atoms with Crippen LogP contribution in [0.25, 0.3) is 11.0 Å². The first-order valence-electron chi connectivity index (χ1n) is 6.02. The van der Waals surface area contributed by atoms with E-state index in [9.17, 15) is 4.39 Å². The standard InChI is InChI=1S/C14H12FN3S/c15-10-4-5-12-13(9-10)18(14(19)17-12)8-6-11-3-1-2-7-16-11/h1-5,7,9H,6,8H2,(H,17,19). The van der Waals surface area contributed by atoms with Gasteiger partial charge in [-0.3, -0.25) is 4.98 Å². The van der Waals surface area contributed by atoms with E-state index in [2.05, 4.69) is 9.97 Å². The minimum absolute atomic E-state index is 0.256. The number of fused-ring (bicyclic) bond motifs is 1. The maximum atomic E-state index is 13.3. The summed E-state index contributed by atoms with van der Waals surface area (Å²) >= 11 is 5.28. The van der Waals surface area contributed by atoms with Crippen LogP contribution in [0.15, 0.2) is 42.6 Å². The van der Waals surface area contributed by atoms with Crippen molar-refractivity contribution < 1.29 is 4.39 Å². The fourth-order valence-corrected chi connectivity index (χ4v) is 2.42. The maximum Gasteiger partial charge on any atom is 0.178 e. The Morgan fingerprint density at radius 1 is 1.26 bits per heavy atom. The molecule has 3 rings (SSSR count). The van der Waals surface area contributed by atoms with Gasteiger partial charge in [0.1, 0.15) is 5.82 Å². The van der Waals surface area contributed by atoms with Gasteiger partial charge in [-0.25, -0.2) is 4.39 Å². The quantitative estimate of drug-likeness (QED) is 0.741. The van der Waals surface area contributed by atoms with Crippen LogP contribution in [0.1, 0.15) is 5.69 Å². The normalized spacial score (nSPS) is 11.0. The van der Waals surface area contributed by atoms with E-state index < -0.39 is 0 Å². The highest BCUT2D eigenvalue weighted by atomic mass is 32.1. The van der Waals surface area contributed by atoms with E-state index in [0.717, 1.165) is 23.1 Å². The first-order chi connectivity index (χ1) is 9.24. The number of H-pyrrole nitrogens is 1. The number of halogens is 1. The highest BCUT2D eigenvalue weighted by Crippen LogP contribution is 2.16. The predicted molar refractivity (Wildman–Crippen MR) is 75.0 cm³/mol. The monoisotopic (exact) mass is 273 g/mol. The molecule has 0 bridgehead atoms. The predicted octanol–water partition coefficient (Wildman–Crippen LogP) is 3.48. The highest BCUT2D eigenvalue weighted by molar-refractivity contribution is 7.71. The smallest absolute Gasteiger partial charge is 0.178 e. The van der Waals surface area contributed by atoms with Gasteiger partial charge in [-0.2, -0.15) is 0 Å². The van der Waals surface area contributed by atoms with E-state index in [1.54, 1.807) is 12.3 Å². The van der Waals surface area contributed by atoms with Crippen LogP contribution in [-0.4, -0.2) is 14.5 Å². The maximum absolute atomic E-state index is 13.3. The molecule has 0 unspecified atom stereocenters. The number of aromatic amines is 1. The third-order valence-corrected chi connectivity index (χ3v) is 3.38. The summed E-state index contributed by atoms with van der Waals surface area (Å²) in [5, 5.41) is 0. The van der Waals surface area contributed by atoms with Gasteiger partial charge in [0.25, 0.3) is 0 Å². The first-order valence-corrected chi connectivity index (χ1v) is 6.43. The molecular formula is C14H12FN3S. The molecule has 1 N–H and O–H groups in total. The molecule has 0 amide bonds. The Morgan fingerprint density at radius 3 is 2.95 bits per heavy atom. The lowest BCUT2D eigenvalue weighted by molar-refractivity contribution is 0.627. The van der Waals surface area contributed by atoms with Crippen LogP contribution in [0, 0.1) is 10.6 Å². The zero-order valence-corrected chi connectivity index (χ0v) is 11.0. The van der Waals surface area contributed by atoms with Crippen molar-refractivity contribution in [3.05, 3.63) is 58.9 Å². The average molecular weight is 273 g/mol. The van der Waals surface area contributed by atoms with Crippen molar-refractivity contribution in [3.63, 3.8) is 0 Å². The van der Waals surface area contributed by atoms with Gasteiger partial charge in [0.05, 0.1) is 11.0 Å². The Labute approximate surface area is 114 Å². The molecule has 0 aliphatic carbocycles. The van der Waals surface area contributed by atoms with Gasteiger partial charge in [0.2, 0.25) is 0 Å². The lowest BCUT2D eigenvalue weighted by atomic mass is 10.2. The van der Waals surface area contributed by atoms with Crippen molar-refractivity contribution in [1.29, 1.82) is 0 Å². The van der Waals surface area contributed by atoms with Crippen molar-refractivity contribution in [2.45, 2.75) is 13.0 Å². The van der Waals surface area contributed by atoms with E-state index in [4.69, 9.17) is 12.2 Å². The molecule has 1 aromatic carbocycles. The number of pyridine rings is 1. The van der Waals surface area contributed by atoms with Gasteiger partial charge >= 0.3 is 0 Å². The number of hydrogen-bond acceptors (Lipinski definition) is 2. The Bertz CT molecular complexity index is 761. The molecule has 0 atom stereocenters. The van der Waals surface area contributed by atoms with Gasteiger partial charge in [0.15, 0.2) is 4.77 Å². The molecule has 2 heterocycles. The third-order valence-electron chi connectivity index (χ3n) is 3.06. The molecule has 0 radical (unpaired) electrons. The molecule has 0 spiro atoms. The molecule has 96 valence electrons. The molecule has 0 saturated carbocycles. The summed E-state index contributed by atoms with van der Waals surface area (Å²) in [5.41, 5.74) is 2.64. The van der Waals surface area contributed by atoms with E-state index >= 15 is 0 Å². The molecule has 0 fully saturated rings. The van der Waals surface area contributed by atoms with E-state index in [-0.39, 0.29) is 5.82 Å². The third kappa shape index (κ3) is 2.42. The lowest BCUT2D eigenvalue weighted by Crippen LogP contribution is -2.02. The van der Waals surface area contributed by atoms with Crippen LogP contribution in [0.2, 0.25) is 0 Å². The summed E-state index contributed by atoms with van der Waals surface area (Å²) < 4.78 is 15.8. The van der Waals surface area contributed by atoms with Crippen molar-refractivity contribution in [1.82, 2.24) is 14.5 Å². The molecule has 19 heavy (non-hydrogen) atoms. The minimum atomic E-state index is -0.256. The fraction of sp³-hybridized carbons (Fsp3) is 0.143. The summed E-state index contributed by atoms with van der Waals surface area (Å²) in [5.74, 6) is -0.256. The van der Waals surface area contributed by atoms with Crippen LogP contribution in [-0.2, 0) is 13.0 Å². The second-order valence-electron chi connectivity index (χ2n) is 4.31. The van der Waals surface area contributed by atoms with Crippen LogP contribution in [0.5, 0.6) is 0 Å². The van der Waals surface area contributed by atoms with Crippen molar-refractivity contribution in [2.24, 2.45) is 0 Å². The van der Waals surface area contributed by atoms with Crippen LogP contribution in [0.3, 0.4) is 0 Å². The summed E-state index contributed by atoms with van der Waals surface area (Å²) in [4.78, 5) is 7.36. The fourth-order valence-electron chi connectivity index (χ4n) is 2.12. The zero-order valence-electron chi connectivity index (χ0n) is 10.1. The topological polar surface area (TPSA) is 33.6 Å². The number of hydrogen-bond donors (Lipinski definition) is 1. The van der Waals surface area contributed by atoms with Crippen molar-refractivity contribution >= 4 is 23.3 Å². The van der Waals surface area contributed by atoms with Crippen LogP contribution >= 0.6 is 12.2 Å². The first kappa shape index (κ1) is 12.0. The Kier molecular flexibility index (Phi) is 3.13. The van der Waals surface area contributed by atoms with Gasteiger partial charge in [-0.1, -0.05) is 6.07 Å². The largest absolute Gasteiger partial charge is 0.331 e. The average Bonchev–Trinajstić information content (AvgIpc) is 2.73. The number of rotatable bonds is 3. The Morgan fingerprint density at radius 2 is 2.16 bits per heavy atom. The van der Waals surface area contributed by atoms with Gasteiger partial charge < -0.3 is 9.55 Å². The van der Waals surface area contributed by atoms with Crippen LogP contribution < -0.4 is 0 Å². The summed E-state index contributed by atoms with van der Waals surface area (Å²) in [6.45, 7) is 0.680. The molecule has 2 aromatic heterocycles. The lowest BCUT2D eigenvalue weighted by Gasteiger charge is -2.04. The summed E-state index contributed by atoms with van der Waals surface area (Å²) in [6.07, 6.45) is 2.53. The second kappa shape index (κ2) is 4.93. The van der Waals surface area contributed by atoms with Crippen molar-refractivity contribution in [3.8, 4) is 0 Å². The number of imidazole rings is 1. The van der Waals surface area contributed by atoms with E-state index in [0.29, 0.717) is 11.3 Å². The van der Waals surface area contributed by atoms with Crippen LogP contribution in [0.4, 0.5) is 4.39 Å². The SMILES string of the molecule is Fc1ccc2[nH]c(=S)n(CCc3ccccn3)c2c1. The molecule has 3 aromatic rings. The molecule has 0 aliphatic rings. The highest BCUT2D eigenvalue weighted by Gasteiger charge is 2.05. The number of aromatic nitrogens is 3.